The molecule has 0 radical (unpaired) electrons. The van der Waals surface area contributed by atoms with E-state index in [1.165, 1.54) is 11.3 Å². The second kappa shape index (κ2) is 6.80. The van der Waals surface area contributed by atoms with Gasteiger partial charge in [0.2, 0.25) is 5.91 Å². The van der Waals surface area contributed by atoms with Crippen molar-refractivity contribution in [1.29, 1.82) is 0 Å². The largest absolute Gasteiger partial charge is 0.417 e. The Kier molecular flexibility index (Phi) is 4.34. The summed E-state index contributed by atoms with van der Waals surface area (Å²) in [5.41, 5.74) is 1.88. The quantitative estimate of drug-likeness (QED) is 0.759. The van der Waals surface area contributed by atoms with E-state index in [9.17, 15) is 14.4 Å². The van der Waals surface area contributed by atoms with Gasteiger partial charge >= 0.3 is 5.76 Å². The molecular weight excluding hydrogens is 354 g/mol. The van der Waals surface area contributed by atoms with Crippen LogP contribution in [0.4, 0.5) is 0 Å². The number of hydrogen-bond acceptors (Lipinski definition) is 5. The molecule has 0 spiro atoms. The summed E-state index contributed by atoms with van der Waals surface area (Å²) in [7, 11) is 0. The van der Waals surface area contributed by atoms with E-state index in [4.69, 9.17) is 4.42 Å². The summed E-state index contributed by atoms with van der Waals surface area (Å²) in [4.78, 5) is 43.0. The van der Waals surface area contributed by atoms with Gasteiger partial charge in [0.25, 0.3) is 5.91 Å². The van der Waals surface area contributed by atoms with Gasteiger partial charge in [-0.2, -0.15) is 0 Å². The van der Waals surface area contributed by atoms with E-state index < -0.39 is 5.76 Å². The van der Waals surface area contributed by atoms with Crippen LogP contribution in [0.15, 0.2) is 44.9 Å². The summed E-state index contributed by atoms with van der Waals surface area (Å²) in [6, 6.07) is 8.92. The Morgan fingerprint density at radius 1 is 1.12 bits per heavy atom. The normalized spacial score (nSPS) is 14.8. The van der Waals surface area contributed by atoms with E-state index in [1.54, 1.807) is 28.0 Å². The lowest BCUT2D eigenvalue weighted by molar-refractivity contribution is -0.131. The number of amides is 2. The Hall–Kier alpha value is -2.87. The van der Waals surface area contributed by atoms with E-state index in [1.807, 2.05) is 17.5 Å². The Morgan fingerprint density at radius 2 is 1.88 bits per heavy atom. The second-order valence-corrected chi connectivity index (χ2v) is 7.12. The number of benzene rings is 1. The van der Waals surface area contributed by atoms with Gasteiger partial charge in [-0.05, 0) is 29.1 Å². The zero-order valence-electron chi connectivity index (χ0n) is 13.9. The first-order chi connectivity index (χ1) is 12.6. The van der Waals surface area contributed by atoms with Crippen molar-refractivity contribution in [3.05, 3.63) is 56.7 Å². The van der Waals surface area contributed by atoms with Crippen molar-refractivity contribution in [3.8, 4) is 0 Å². The van der Waals surface area contributed by atoms with Crippen molar-refractivity contribution < 1.29 is 14.0 Å². The summed E-state index contributed by atoms with van der Waals surface area (Å²) in [6.07, 6.45) is 0.252. The molecule has 0 saturated carbocycles. The number of nitrogens with one attached hydrogen (secondary N) is 1. The molecule has 1 saturated heterocycles. The highest BCUT2D eigenvalue weighted by molar-refractivity contribution is 7.12. The van der Waals surface area contributed by atoms with Crippen molar-refractivity contribution >= 4 is 34.3 Å². The fourth-order valence-electron chi connectivity index (χ4n) is 3.11. The lowest BCUT2D eigenvalue weighted by atomic mass is 10.1. The predicted octanol–water partition coefficient (Wildman–Crippen LogP) is 1.71. The molecule has 1 aliphatic rings. The van der Waals surface area contributed by atoms with E-state index in [0.717, 1.165) is 10.4 Å². The first-order valence-electron chi connectivity index (χ1n) is 8.32. The summed E-state index contributed by atoms with van der Waals surface area (Å²) in [5, 5.41) is 1.89. The van der Waals surface area contributed by atoms with Gasteiger partial charge in [0.1, 0.15) is 0 Å². The highest BCUT2D eigenvalue weighted by atomic mass is 32.1. The minimum atomic E-state index is -0.505. The van der Waals surface area contributed by atoms with Crippen molar-refractivity contribution in [2.24, 2.45) is 0 Å². The highest BCUT2D eigenvalue weighted by Gasteiger charge is 2.25. The first-order valence-corrected chi connectivity index (χ1v) is 9.20. The van der Waals surface area contributed by atoms with Crippen LogP contribution in [0.2, 0.25) is 0 Å². The van der Waals surface area contributed by atoms with Crippen LogP contribution in [0.5, 0.6) is 0 Å². The minimum Gasteiger partial charge on any atom is -0.408 e. The van der Waals surface area contributed by atoms with E-state index in [0.29, 0.717) is 37.3 Å². The molecule has 26 heavy (non-hydrogen) atoms. The zero-order valence-corrected chi connectivity index (χ0v) is 14.8. The van der Waals surface area contributed by atoms with Crippen LogP contribution in [-0.4, -0.2) is 52.8 Å². The average molecular weight is 371 g/mol. The van der Waals surface area contributed by atoms with E-state index in [-0.39, 0.29) is 18.2 Å². The van der Waals surface area contributed by atoms with Gasteiger partial charge < -0.3 is 14.2 Å². The lowest BCUT2D eigenvalue weighted by Gasteiger charge is -2.34. The number of aromatic nitrogens is 1. The number of thiophene rings is 1. The van der Waals surface area contributed by atoms with Gasteiger partial charge in [-0.3, -0.25) is 14.6 Å². The second-order valence-electron chi connectivity index (χ2n) is 6.17. The van der Waals surface area contributed by atoms with Crippen LogP contribution < -0.4 is 5.76 Å². The molecule has 8 heteroatoms. The standard InChI is InChI=1S/C18H17N3O4S/c22-16(11-12-3-4-14-13(10-12)19-18(24)25-14)20-5-7-21(8-6-20)17(23)15-2-1-9-26-15/h1-4,9-10H,5-8,11H2,(H,19,24). The summed E-state index contributed by atoms with van der Waals surface area (Å²) in [5.74, 6) is -0.463. The number of fused-ring (bicyclic) bond motifs is 1. The van der Waals surface area contributed by atoms with Gasteiger partial charge in [-0.1, -0.05) is 12.1 Å². The van der Waals surface area contributed by atoms with Crippen molar-refractivity contribution in [2.75, 3.05) is 26.2 Å². The maximum atomic E-state index is 12.5. The Bertz CT molecular complexity index is 997. The smallest absolute Gasteiger partial charge is 0.408 e. The third-order valence-corrected chi connectivity index (χ3v) is 5.35. The molecule has 3 heterocycles. The molecule has 134 valence electrons. The number of aromatic amines is 1. The fraction of sp³-hybridized carbons (Fsp3) is 0.278. The predicted molar refractivity (Wildman–Crippen MR) is 97.3 cm³/mol. The number of oxazole rings is 1. The summed E-state index contributed by atoms with van der Waals surface area (Å²) >= 11 is 1.43. The minimum absolute atomic E-state index is 0.0124. The fourth-order valence-corrected chi connectivity index (χ4v) is 3.80. The van der Waals surface area contributed by atoms with Crippen LogP contribution in [0.25, 0.3) is 11.1 Å². The molecular formula is C18H17N3O4S. The molecule has 1 aliphatic heterocycles. The Morgan fingerprint density at radius 3 is 2.62 bits per heavy atom. The average Bonchev–Trinajstić information content (AvgIpc) is 3.29. The SMILES string of the molecule is O=C(Cc1ccc2oc(=O)[nH]c2c1)N1CCN(C(=O)c2cccs2)CC1. The third kappa shape index (κ3) is 3.28. The Labute approximate surface area is 152 Å². The number of carbonyl (C=O) groups is 2. The van der Waals surface area contributed by atoms with Crippen molar-refractivity contribution in [2.45, 2.75) is 6.42 Å². The maximum Gasteiger partial charge on any atom is 0.417 e. The number of carbonyl (C=O) groups excluding carboxylic acids is 2. The number of H-pyrrole nitrogens is 1. The van der Waals surface area contributed by atoms with Gasteiger partial charge in [0, 0.05) is 26.2 Å². The number of rotatable bonds is 3. The van der Waals surface area contributed by atoms with Gasteiger partial charge in [0.05, 0.1) is 16.8 Å². The molecule has 0 bridgehead atoms. The van der Waals surface area contributed by atoms with Crippen LogP contribution in [0, 0.1) is 0 Å². The Balaban J connectivity index is 1.37. The molecule has 0 unspecified atom stereocenters. The van der Waals surface area contributed by atoms with E-state index in [2.05, 4.69) is 4.98 Å². The van der Waals surface area contributed by atoms with Crippen LogP contribution in [0.1, 0.15) is 15.2 Å². The van der Waals surface area contributed by atoms with Crippen molar-refractivity contribution in [3.63, 3.8) is 0 Å². The number of piperazine rings is 1. The molecule has 1 fully saturated rings. The van der Waals surface area contributed by atoms with Crippen molar-refractivity contribution in [1.82, 2.24) is 14.8 Å². The molecule has 0 aliphatic carbocycles. The molecule has 7 nitrogen and oxygen atoms in total. The summed E-state index contributed by atoms with van der Waals surface area (Å²) in [6.45, 7) is 2.13. The van der Waals surface area contributed by atoms with Gasteiger partial charge in [-0.25, -0.2) is 4.79 Å². The highest BCUT2D eigenvalue weighted by Crippen LogP contribution is 2.16. The van der Waals surface area contributed by atoms with Crippen LogP contribution in [-0.2, 0) is 11.2 Å². The summed E-state index contributed by atoms with van der Waals surface area (Å²) < 4.78 is 4.97. The third-order valence-electron chi connectivity index (χ3n) is 4.49. The molecule has 2 amide bonds. The van der Waals surface area contributed by atoms with Gasteiger partial charge in [-0.15, -0.1) is 11.3 Å². The first kappa shape index (κ1) is 16.6. The topological polar surface area (TPSA) is 86.6 Å². The molecule has 2 aromatic heterocycles. The zero-order chi connectivity index (χ0) is 18.1. The van der Waals surface area contributed by atoms with Gasteiger partial charge in [0.15, 0.2) is 5.58 Å². The maximum absolute atomic E-state index is 12.5. The monoisotopic (exact) mass is 371 g/mol. The molecule has 4 rings (SSSR count). The lowest BCUT2D eigenvalue weighted by Crippen LogP contribution is -2.50. The van der Waals surface area contributed by atoms with Crippen LogP contribution >= 0.6 is 11.3 Å². The van der Waals surface area contributed by atoms with E-state index >= 15 is 0 Å². The number of hydrogen-bond donors (Lipinski definition) is 1. The molecule has 0 atom stereocenters. The molecule has 3 aromatic rings. The molecule has 1 aromatic carbocycles. The number of nitrogens with zero attached hydrogens (tertiary/aromatic N) is 2. The van der Waals surface area contributed by atoms with Crippen LogP contribution in [0.3, 0.4) is 0 Å². The molecule has 1 N–H and O–H groups in total.